The standard InChI is InChI=1S/C17H16O4/c1-2-3-10-4-5-11-7-13(19)17-14(20)8-12(18)9-16(17)21-15(11)6-10/h4-6,8-9,18,20H,2-3,7H2,1H3. The molecular formula is C17H16O4. The summed E-state index contributed by atoms with van der Waals surface area (Å²) < 4.78 is 5.78. The fourth-order valence-corrected chi connectivity index (χ4v) is 2.61. The van der Waals surface area contributed by atoms with Crippen LogP contribution in [0, 0.1) is 0 Å². The number of rotatable bonds is 2. The molecule has 0 atom stereocenters. The van der Waals surface area contributed by atoms with E-state index >= 15 is 0 Å². The summed E-state index contributed by atoms with van der Waals surface area (Å²) in [6, 6.07) is 8.31. The molecule has 0 unspecified atom stereocenters. The number of hydrogen-bond acceptors (Lipinski definition) is 4. The van der Waals surface area contributed by atoms with Crippen LogP contribution in [0.15, 0.2) is 30.3 Å². The second-order valence-electron chi connectivity index (χ2n) is 5.23. The third-order valence-electron chi connectivity index (χ3n) is 3.59. The van der Waals surface area contributed by atoms with Crippen LogP contribution in [-0.4, -0.2) is 16.0 Å². The highest BCUT2D eigenvalue weighted by atomic mass is 16.5. The van der Waals surface area contributed by atoms with E-state index in [9.17, 15) is 15.0 Å². The van der Waals surface area contributed by atoms with E-state index in [0.29, 0.717) is 5.75 Å². The summed E-state index contributed by atoms with van der Waals surface area (Å²) in [6.07, 6.45) is 2.13. The Kier molecular flexibility index (Phi) is 3.29. The lowest BCUT2D eigenvalue weighted by Crippen LogP contribution is -2.02. The van der Waals surface area contributed by atoms with Crippen molar-refractivity contribution in [2.24, 2.45) is 0 Å². The number of phenols is 2. The quantitative estimate of drug-likeness (QED) is 0.884. The first-order valence-corrected chi connectivity index (χ1v) is 6.97. The molecule has 0 saturated heterocycles. The molecule has 0 fully saturated rings. The number of benzene rings is 2. The SMILES string of the molecule is CCCc1ccc2c(c1)Oc1cc(O)cc(O)c1C(=O)C2. The van der Waals surface area contributed by atoms with Crippen molar-refractivity contribution < 1.29 is 19.7 Å². The Balaban J connectivity index is 2.11. The first-order valence-electron chi connectivity index (χ1n) is 6.97. The summed E-state index contributed by atoms with van der Waals surface area (Å²) in [7, 11) is 0. The molecule has 108 valence electrons. The van der Waals surface area contributed by atoms with Gasteiger partial charge in [-0.15, -0.1) is 0 Å². The Hall–Kier alpha value is -2.49. The molecule has 0 amide bonds. The van der Waals surface area contributed by atoms with Crippen LogP contribution in [0.5, 0.6) is 23.0 Å². The zero-order chi connectivity index (χ0) is 15.0. The molecule has 0 bridgehead atoms. The third-order valence-corrected chi connectivity index (χ3v) is 3.59. The molecule has 0 saturated carbocycles. The maximum atomic E-state index is 12.3. The van der Waals surface area contributed by atoms with Gasteiger partial charge in [-0.3, -0.25) is 4.79 Å². The van der Waals surface area contributed by atoms with E-state index in [2.05, 4.69) is 6.92 Å². The van der Waals surface area contributed by atoms with Gasteiger partial charge in [0.25, 0.3) is 0 Å². The van der Waals surface area contributed by atoms with Crippen molar-refractivity contribution in [2.75, 3.05) is 0 Å². The zero-order valence-corrected chi connectivity index (χ0v) is 11.7. The number of phenolic OH excluding ortho intramolecular Hbond substituents is 2. The summed E-state index contributed by atoms with van der Waals surface area (Å²) in [5, 5.41) is 19.5. The van der Waals surface area contributed by atoms with Gasteiger partial charge in [-0.1, -0.05) is 25.5 Å². The van der Waals surface area contributed by atoms with Crippen molar-refractivity contribution in [3.05, 3.63) is 47.0 Å². The molecule has 2 aromatic rings. The molecule has 0 radical (unpaired) electrons. The second-order valence-corrected chi connectivity index (χ2v) is 5.23. The second kappa shape index (κ2) is 5.13. The molecule has 1 heterocycles. The molecule has 0 spiro atoms. The van der Waals surface area contributed by atoms with Crippen LogP contribution in [0.3, 0.4) is 0 Å². The Labute approximate surface area is 122 Å². The molecule has 1 aliphatic heterocycles. The largest absolute Gasteiger partial charge is 0.508 e. The van der Waals surface area contributed by atoms with Crippen molar-refractivity contribution in [1.29, 1.82) is 0 Å². The molecule has 21 heavy (non-hydrogen) atoms. The lowest BCUT2D eigenvalue weighted by Gasteiger charge is -2.11. The number of carbonyl (C=O) groups is 1. The number of carbonyl (C=O) groups excluding carboxylic acids is 1. The van der Waals surface area contributed by atoms with Crippen molar-refractivity contribution in [1.82, 2.24) is 0 Å². The van der Waals surface area contributed by atoms with E-state index in [-0.39, 0.29) is 35.0 Å². The highest BCUT2D eigenvalue weighted by molar-refractivity contribution is 6.03. The topological polar surface area (TPSA) is 66.8 Å². The molecule has 0 aliphatic carbocycles. The van der Waals surface area contributed by atoms with Crippen LogP contribution in [0.1, 0.15) is 34.8 Å². The summed E-state index contributed by atoms with van der Waals surface area (Å²) in [5.41, 5.74) is 2.05. The number of ketones is 1. The zero-order valence-electron chi connectivity index (χ0n) is 11.7. The van der Waals surface area contributed by atoms with Crippen LogP contribution in [0.2, 0.25) is 0 Å². The van der Waals surface area contributed by atoms with Crippen LogP contribution >= 0.6 is 0 Å². The summed E-state index contributed by atoms with van der Waals surface area (Å²) >= 11 is 0. The molecule has 2 N–H and O–H groups in total. The Morgan fingerprint density at radius 3 is 2.71 bits per heavy atom. The van der Waals surface area contributed by atoms with Gasteiger partial charge in [0.1, 0.15) is 28.6 Å². The van der Waals surface area contributed by atoms with Crippen LogP contribution < -0.4 is 4.74 Å². The summed E-state index contributed by atoms with van der Waals surface area (Å²) in [4.78, 5) is 12.3. The van der Waals surface area contributed by atoms with Gasteiger partial charge in [0.05, 0.1) is 0 Å². The molecule has 4 heteroatoms. The van der Waals surface area contributed by atoms with E-state index in [0.717, 1.165) is 30.0 Å². The van der Waals surface area contributed by atoms with Gasteiger partial charge in [-0.2, -0.15) is 0 Å². The Morgan fingerprint density at radius 1 is 1.14 bits per heavy atom. The predicted molar refractivity (Wildman–Crippen MR) is 78.3 cm³/mol. The van der Waals surface area contributed by atoms with Crippen LogP contribution in [0.4, 0.5) is 0 Å². The molecule has 1 aliphatic rings. The number of Topliss-reactive ketones (excluding diaryl/α,β-unsaturated/α-hetero) is 1. The fourth-order valence-electron chi connectivity index (χ4n) is 2.61. The van der Waals surface area contributed by atoms with Gasteiger partial charge in [0, 0.05) is 24.1 Å². The van der Waals surface area contributed by atoms with Gasteiger partial charge in [0.2, 0.25) is 0 Å². The lowest BCUT2D eigenvalue weighted by molar-refractivity contribution is 0.0991. The number of aromatic hydroxyl groups is 2. The maximum Gasteiger partial charge on any atom is 0.174 e. The first kappa shape index (κ1) is 13.5. The normalized spacial score (nSPS) is 13.1. The van der Waals surface area contributed by atoms with Crippen molar-refractivity contribution >= 4 is 5.78 Å². The highest BCUT2D eigenvalue weighted by Gasteiger charge is 2.25. The summed E-state index contributed by atoms with van der Waals surface area (Å²) in [5.74, 6) is 0.205. The van der Waals surface area contributed by atoms with E-state index in [4.69, 9.17) is 4.74 Å². The minimum atomic E-state index is -0.253. The number of hydrogen-bond donors (Lipinski definition) is 2. The maximum absolute atomic E-state index is 12.3. The fraction of sp³-hybridized carbons (Fsp3) is 0.235. The number of aryl methyl sites for hydroxylation is 1. The number of fused-ring (bicyclic) bond motifs is 2. The van der Waals surface area contributed by atoms with Crippen molar-refractivity contribution in [3.8, 4) is 23.0 Å². The first-order chi connectivity index (χ1) is 10.1. The van der Waals surface area contributed by atoms with Gasteiger partial charge < -0.3 is 14.9 Å². The van der Waals surface area contributed by atoms with Gasteiger partial charge >= 0.3 is 0 Å². The van der Waals surface area contributed by atoms with Crippen LogP contribution in [0.25, 0.3) is 0 Å². The van der Waals surface area contributed by atoms with Gasteiger partial charge in [0.15, 0.2) is 5.78 Å². The minimum Gasteiger partial charge on any atom is -0.508 e. The molecule has 2 aromatic carbocycles. The van der Waals surface area contributed by atoms with Crippen molar-refractivity contribution in [2.45, 2.75) is 26.2 Å². The number of ether oxygens (including phenoxy) is 1. The van der Waals surface area contributed by atoms with Crippen molar-refractivity contribution in [3.63, 3.8) is 0 Å². The smallest absolute Gasteiger partial charge is 0.174 e. The molecular weight excluding hydrogens is 268 g/mol. The van der Waals surface area contributed by atoms with E-state index in [1.165, 1.54) is 6.07 Å². The average Bonchev–Trinajstić information content (AvgIpc) is 2.54. The van der Waals surface area contributed by atoms with Gasteiger partial charge in [-0.25, -0.2) is 0 Å². The predicted octanol–water partition coefficient (Wildman–Crippen LogP) is 3.58. The highest BCUT2D eigenvalue weighted by Crippen LogP contribution is 2.40. The monoisotopic (exact) mass is 284 g/mol. The summed E-state index contributed by atoms with van der Waals surface area (Å²) in [6.45, 7) is 2.10. The average molecular weight is 284 g/mol. The van der Waals surface area contributed by atoms with E-state index in [1.807, 2.05) is 18.2 Å². The molecule has 3 rings (SSSR count). The van der Waals surface area contributed by atoms with Crippen LogP contribution in [-0.2, 0) is 12.8 Å². The molecule has 4 nitrogen and oxygen atoms in total. The Morgan fingerprint density at radius 2 is 1.95 bits per heavy atom. The minimum absolute atomic E-state index is 0.126. The van der Waals surface area contributed by atoms with E-state index < -0.39 is 0 Å². The Bertz CT molecular complexity index is 719. The third kappa shape index (κ3) is 2.44. The van der Waals surface area contributed by atoms with E-state index in [1.54, 1.807) is 0 Å². The molecule has 0 aromatic heterocycles. The lowest BCUT2D eigenvalue weighted by atomic mass is 10.0. The van der Waals surface area contributed by atoms with Gasteiger partial charge in [-0.05, 0) is 18.1 Å².